The van der Waals surface area contributed by atoms with Crippen LogP contribution in [-0.2, 0) is 5.41 Å². The summed E-state index contributed by atoms with van der Waals surface area (Å²) in [5.74, 6) is 0.552. The Bertz CT molecular complexity index is 361. The van der Waals surface area contributed by atoms with Crippen LogP contribution in [0, 0.1) is 0 Å². The van der Waals surface area contributed by atoms with Crippen LogP contribution in [-0.4, -0.2) is 11.3 Å². The third-order valence-corrected chi connectivity index (χ3v) is 3.01. The molecule has 14 heavy (non-hydrogen) atoms. The molecule has 0 spiro atoms. The van der Waals surface area contributed by atoms with Gasteiger partial charge in [0.05, 0.1) is 5.69 Å². The van der Waals surface area contributed by atoms with Crippen LogP contribution in [0.25, 0.3) is 0 Å². The van der Waals surface area contributed by atoms with E-state index in [1.54, 1.807) is 0 Å². The fraction of sp³-hybridized carbons (Fsp3) is 0.700. The maximum Gasteiger partial charge on any atom is 0.225 e. The van der Waals surface area contributed by atoms with E-state index in [0.29, 0.717) is 18.0 Å². The van der Waals surface area contributed by atoms with Crippen LogP contribution in [0.2, 0.25) is 0 Å². The Kier molecular flexibility index (Phi) is 1.84. The van der Waals surface area contributed by atoms with Crippen molar-refractivity contribution in [2.45, 2.75) is 44.7 Å². The van der Waals surface area contributed by atoms with Gasteiger partial charge in [0.25, 0.3) is 0 Å². The molecule has 0 aliphatic heterocycles. The minimum absolute atomic E-state index is 0.223. The number of alkyl halides is 1. The Morgan fingerprint density at radius 1 is 1.64 bits per heavy atom. The number of aromatic nitrogens is 1. The van der Waals surface area contributed by atoms with E-state index in [-0.39, 0.29) is 5.92 Å². The Balaban J connectivity index is 2.44. The second kappa shape index (κ2) is 2.72. The molecule has 78 valence electrons. The maximum absolute atomic E-state index is 13.2. The molecule has 1 fully saturated rings. The largest absolute Gasteiger partial charge is 0.367 e. The van der Waals surface area contributed by atoms with Crippen molar-refractivity contribution in [1.82, 2.24) is 5.16 Å². The van der Waals surface area contributed by atoms with Crippen LogP contribution in [0.1, 0.15) is 44.4 Å². The number of rotatable bonds is 2. The van der Waals surface area contributed by atoms with E-state index in [1.807, 2.05) is 20.8 Å². The van der Waals surface area contributed by atoms with Crippen molar-refractivity contribution in [1.29, 1.82) is 0 Å². The van der Waals surface area contributed by atoms with Gasteiger partial charge in [0.1, 0.15) is 6.17 Å². The number of nitrogens with two attached hydrogens (primary N) is 1. The average molecular weight is 198 g/mol. The first-order chi connectivity index (χ1) is 6.47. The molecular weight excluding hydrogens is 183 g/mol. The first-order valence-electron chi connectivity index (χ1n) is 4.86. The number of hydrogen-bond acceptors (Lipinski definition) is 3. The predicted octanol–water partition coefficient (Wildman–Crippen LogP) is 2.38. The van der Waals surface area contributed by atoms with Gasteiger partial charge in [-0.25, -0.2) is 4.39 Å². The van der Waals surface area contributed by atoms with E-state index in [4.69, 9.17) is 10.3 Å². The molecule has 1 saturated carbocycles. The third kappa shape index (κ3) is 1.13. The van der Waals surface area contributed by atoms with E-state index >= 15 is 0 Å². The molecule has 2 rings (SSSR count). The lowest BCUT2D eigenvalue weighted by Gasteiger charge is -2.09. The molecular formula is C10H15FN2O. The van der Waals surface area contributed by atoms with Crippen molar-refractivity contribution in [3.8, 4) is 0 Å². The molecule has 0 amide bonds. The van der Waals surface area contributed by atoms with Crippen LogP contribution in [0.15, 0.2) is 4.52 Å². The van der Waals surface area contributed by atoms with Gasteiger partial charge in [-0.1, -0.05) is 25.9 Å². The summed E-state index contributed by atoms with van der Waals surface area (Å²) in [6.45, 7) is 5.87. The summed E-state index contributed by atoms with van der Waals surface area (Å²) in [5, 5.41) is 3.88. The molecule has 1 aliphatic rings. The summed E-state index contributed by atoms with van der Waals surface area (Å²) in [7, 11) is 0. The van der Waals surface area contributed by atoms with Gasteiger partial charge in [-0.05, 0) is 12.3 Å². The normalized spacial score (nSPS) is 31.1. The quantitative estimate of drug-likeness (QED) is 0.793. The van der Waals surface area contributed by atoms with Gasteiger partial charge >= 0.3 is 0 Å². The van der Waals surface area contributed by atoms with Gasteiger partial charge in [-0.3, -0.25) is 0 Å². The van der Waals surface area contributed by atoms with E-state index in [0.717, 1.165) is 5.56 Å². The smallest absolute Gasteiger partial charge is 0.225 e. The van der Waals surface area contributed by atoms with E-state index in [1.165, 1.54) is 0 Å². The first-order valence-corrected chi connectivity index (χ1v) is 4.86. The zero-order chi connectivity index (χ0) is 10.5. The highest BCUT2D eigenvalue weighted by Gasteiger charge is 2.56. The molecule has 1 aliphatic carbocycles. The molecule has 0 saturated heterocycles. The lowest BCUT2D eigenvalue weighted by Crippen LogP contribution is -2.10. The van der Waals surface area contributed by atoms with Crippen LogP contribution in [0.5, 0.6) is 0 Å². The molecule has 4 heteroatoms. The Labute approximate surface area is 82.5 Å². The topological polar surface area (TPSA) is 52.0 Å². The van der Waals surface area contributed by atoms with Gasteiger partial charge in [0, 0.05) is 11.0 Å². The van der Waals surface area contributed by atoms with Crippen LogP contribution in [0.4, 0.5) is 10.3 Å². The molecule has 3 nitrogen and oxygen atoms in total. The zero-order valence-electron chi connectivity index (χ0n) is 8.67. The summed E-state index contributed by atoms with van der Waals surface area (Å²) in [4.78, 5) is 0. The SMILES string of the molecule is CC(C)c1c(C2(C)CC2F)noc1N. The van der Waals surface area contributed by atoms with Crippen LogP contribution < -0.4 is 5.73 Å². The van der Waals surface area contributed by atoms with Crippen molar-refractivity contribution < 1.29 is 8.91 Å². The molecule has 0 radical (unpaired) electrons. The van der Waals surface area contributed by atoms with Crippen molar-refractivity contribution in [3.63, 3.8) is 0 Å². The average Bonchev–Trinajstić information content (AvgIpc) is 2.56. The molecule has 2 atom stereocenters. The predicted molar refractivity (Wildman–Crippen MR) is 51.9 cm³/mol. The summed E-state index contributed by atoms with van der Waals surface area (Å²) < 4.78 is 18.1. The second-order valence-electron chi connectivity index (χ2n) is 4.55. The van der Waals surface area contributed by atoms with Crippen LogP contribution in [0.3, 0.4) is 0 Å². The van der Waals surface area contributed by atoms with Gasteiger partial charge in [-0.15, -0.1) is 0 Å². The van der Waals surface area contributed by atoms with E-state index in [2.05, 4.69) is 5.16 Å². The lowest BCUT2D eigenvalue weighted by atomic mass is 9.94. The molecule has 0 bridgehead atoms. The summed E-state index contributed by atoms with van der Waals surface area (Å²) in [5.41, 5.74) is 6.78. The number of nitrogens with zero attached hydrogens (tertiary/aromatic N) is 1. The molecule has 2 unspecified atom stereocenters. The Morgan fingerprint density at radius 2 is 2.21 bits per heavy atom. The van der Waals surface area contributed by atoms with Crippen molar-refractivity contribution >= 4 is 5.88 Å². The van der Waals surface area contributed by atoms with Gasteiger partial charge in [0.2, 0.25) is 5.88 Å². The van der Waals surface area contributed by atoms with Crippen LogP contribution >= 0.6 is 0 Å². The summed E-state index contributed by atoms with van der Waals surface area (Å²) in [6, 6.07) is 0. The van der Waals surface area contributed by atoms with Gasteiger partial charge in [-0.2, -0.15) is 0 Å². The maximum atomic E-state index is 13.2. The van der Waals surface area contributed by atoms with Gasteiger partial charge < -0.3 is 10.3 Å². The minimum Gasteiger partial charge on any atom is -0.367 e. The highest BCUT2D eigenvalue weighted by Crippen LogP contribution is 2.52. The van der Waals surface area contributed by atoms with E-state index < -0.39 is 11.6 Å². The fourth-order valence-electron chi connectivity index (χ4n) is 1.84. The highest BCUT2D eigenvalue weighted by atomic mass is 19.1. The summed E-state index contributed by atoms with van der Waals surface area (Å²) in [6.07, 6.45) is -0.275. The lowest BCUT2D eigenvalue weighted by molar-refractivity contribution is 0.393. The van der Waals surface area contributed by atoms with Crippen molar-refractivity contribution in [2.75, 3.05) is 5.73 Å². The Hall–Kier alpha value is -1.06. The molecule has 1 aromatic rings. The molecule has 1 heterocycles. The highest BCUT2D eigenvalue weighted by molar-refractivity contribution is 5.47. The Morgan fingerprint density at radius 3 is 2.64 bits per heavy atom. The third-order valence-electron chi connectivity index (χ3n) is 3.01. The molecule has 1 aromatic heterocycles. The van der Waals surface area contributed by atoms with Crippen molar-refractivity contribution in [2.24, 2.45) is 0 Å². The standard InChI is InChI=1S/C10H15FN2O/c1-5(2)7-8(13-14-9(7)12)10(3)4-6(10)11/h5-6H,4,12H2,1-3H3. The number of anilines is 1. The number of hydrogen-bond donors (Lipinski definition) is 1. The number of nitrogen functional groups attached to an aromatic ring is 1. The second-order valence-corrected chi connectivity index (χ2v) is 4.55. The monoisotopic (exact) mass is 198 g/mol. The fourth-order valence-corrected chi connectivity index (χ4v) is 1.84. The van der Waals surface area contributed by atoms with E-state index in [9.17, 15) is 4.39 Å². The first kappa shape index (κ1) is 9.49. The summed E-state index contributed by atoms with van der Waals surface area (Å²) >= 11 is 0. The number of halogens is 1. The zero-order valence-corrected chi connectivity index (χ0v) is 8.67. The molecule has 0 aromatic carbocycles. The minimum atomic E-state index is -0.801. The van der Waals surface area contributed by atoms with Gasteiger partial charge in [0.15, 0.2) is 0 Å². The van der Waals surface area contributed by atoms with Crippen molar-refractivity contribution in [3.05, 3.63) is 11.3 Å². The molecule has 2 N–H and O–H groups in total.